The number of rotatable bonds is 4. The molecule has 0 unspecified atom stereocenters. The first-order valence-electron chi connectivity index (χ1n) is 8.51. The number of anilines is 2. The van der Waals surface area contributed by atoms with Gasteiger partial charge in [0.15, 0.2) is 5.82 Å². The molecule has 3 aromatic rings. The zero-order valence-electron chi connectivity index (χ0n) is 14.4. The van der Waals surface area contributed by atoms with Gasteiger partial charge in [0, 0.05) is 35.3 Å². The van der Waals surface area contributed by atoms with Gasteiger partial charge in [0.2, 0.25) is 0 Å². The Morgan fingerprint density at radius 1 is 1.19 bits per heavy atom. The second-order valence-corrected chi connectivity index (χ2v) is 7.27. The lowest BCUT2D eigenvalue weighted by molar-refractivity contribution is 0.102. The average molecular weight is 401 g/mol. The first-order chi connectivity index (χ1) is 13.2. The van der Waals surface area contributed by atoms with Crippen molar-refractivity contribution in [2.45, 2.75) is 0 Å². The van der Waals surface area contributed by atoms with Crippen molar-refractivity contribution in [3.05, 3.63) is 58.7 Å². The van der Waals surface area contributed by atoms with Crippen molar-refractivity contribution < 1.29 is 9.53 Å². The Bertz CT molecular complexity index is 939. The molecule has 4 rings (SSSR count). The summed E-state index contributed by atoms with van der Waals surface area (Å²) in [5.74, 6) is 0.497. The van der Waals surface area contributed by atoms with Gasteiger partial charge in [0.05, 0.1) is 18.9 Å². The van der Waals surface area contributed by atoms with E-state index in [4.69, 9.17) is 16.3 Å². The molecule has 0 bridgehead atoms. The lowest BCUT2D eigenvalue weighted by atomic mass is 10.2. The van der Waals surface area contributed by atoms with Crippen LogP contribution in [0.4, 0.5) is 11.5 Å². The number of thiazole rings is 1. The number of benzene rings is 1. The van der Waals surface area contributed by atoms with E-state index < -0.39 is 0 Å². The molecule has 0 radical (unpaired) electrons. The highest BCUT2D eigenvalue weighted by Crippen LogP contribution is 2.27. The number of carbonyl (C=O) groups is 1. The monoisotopic (exact) mass is 400 g/mol. The maximum absolute atomic E-state index is 12.7. The first kappa shape index (κ1) is 17.9. The normalized spacial score (nSPS) is 14.2. The number of ether oxygens (including phenoxy) is 1. The van der Waals surface area contributed by atoms with Crippen LogP contribution in [0.2, 0.25) is 5.02 Å². The number of morpholine rings is 1. The van der Waals surface area contributed by atoms with Gasteiger partial charge >= 0.3 is 0 Å². The number of aromatic nitrogens is 2. The Morgan fingerprint density at radius 3 is 2.74 bits per heavy atom. The molecule has 27 heavy (non-hydrogen) atoms. The molecule has 1 saturated heterocycles. The standard InChI is InChI=1S/C19H17ClN4O2S/c20-14-5-3-13(4-6-14)19-23-16(12-27-19)18(25)22-15-2-1-7-21-17(15)24-8-10-26-11-9-24/h1-7,12H,8-11H2,(H,22,25). The van der Waals surface area contributed by atoms with Crippen LogP contribution in [0, 0.1) is 0 Å². The molecule has 1 aromatic carbocycles. The van der Waals surface area contributed by atoms with Gasteiger partial charge in [0.25, 0.3) is 5.91 Å². The Kier molecular flexibility index (Phi) is 5.33. The summed E-state index contributed by atoms with van der Waals surface area (Å²) in [6.45, 7) is 2.80. The van der Waals surface area contributed by atoms with Gasteiger partial charge in [-0.05, 0) is 24.3 Å². The van der Waals surface area contributed by atoms with Crippen LogP contribution < -0.4 is 10.2 Å². The van der Waals surface area contributed by atoms with Gasteiger partial charge in [0.1, 0.15) is 10.7 Å². The summed E-state index contributed by atoms with van der Waals surface area (Å²) in [5.41, 5.74) is 1.98. The van der Waals surface area contributed by atoms with Crippen molar-refractivity contribution in [2.24, 2.45) is 0 Å². The van der Waals surface area contributed by atoms with Gasteiger partial charge in [-0.1, -0.05) is 23.7 Å². The van der Waals surface area contributed by atoms with Crippen molar-refractivity contribution in [1.29, 1.82) is 0 Å². The third kappa shape index (κ3) is 4.10. The number of nitrogens with one attached hydrogen (secondary N) is 1. The molecule has 1 aliphatic heterocycles. The molecule has 6 nitrogen and oxygen atoms in total. The van der Waals surface area contributed by atoms with Crippen LogP contribution >= 0.6 is 22.9 Å². The minimum atomic E-state index is -0.256. The highest BCUT2D eigenvalue weighted by molar-refractivity contribution is 7.13. The van der Waals surface area contributed by atoms with E-state index in [1.165, 1.54) is 11.3 Å². The van der Waals surface area contributed by atoms with Gasteiger partial charge in [-0.25, -0.2) is 9.97 Å². The second-order valence-electron chi connectivity index (χ2n) is 5.97. The summed E-state index contributed by atoms with van der Waals surface area (Å²) in [4.78, 5) is 23.7. The van der Waals surface area contributed by atoms with Crippen molar-refractivity contribution in [2.75, 3.05) is 36.5 Å². The largest absolute Gasteiger partial charge is 0.378 e. The van der Waals surface area contributed by atoms with Gasteiger partial charge in [-0.2, -0.15) is 0 Å². The van der Waals surface area contributed by atoms with Crippen LogP contribution in [0.5, 0.6) is 0 Å². The molecule has 1 fully saturated rings. The number of pyridine rings is 1. The fourth-order valence-electron chi connectivity index (χ4n) is 2.81. The maximum atomic E-state index is 12.7. The summed E-state index contributed by atoms with van der Waals surface area (Å²) in [6.07, 6.45) is 1.72. The summed E-state index contributed by atoms with van der Waals surface area (Å²) in [6, 6.07) is 11.0. The topological polar surface area (TPSA) is 67.4 Å². The highest BCUT2D eigenvalue weighted by atomic mass is 35.5. The van der Waals surface area contributed by atoms with E-state index >= 15 is 0 Å². The average Bonchev–Trinajstić information content (AvgIpc) is 3.20. The highest BCUT2D eigenvalue weighted by Gasteiger charge is 2.19. The lowest BCUT2D eigenvalue weighted by Crippen LogP contribution is -2.37. The Morgan fingerprint density at radius 2 is 1.96 bits per heavy atom. The molecule has 1 amide bonds. The van der Waals surface area contributed by atoms with E-state index in [1.54, 1.807) is 17.6 Å². The molecule has 3 heterocycles. The van der Waals surface area contributed by atoms with Crippen molar-refractivity contribution >= 4 is 40.4 Å². The molecule has 2 aromatic heterocycles. The van der Waals surface area contributed by atoms with Crippen molar-refractivity contribution in [3.63, 3.8) is 0 Å². The number of hydrogen-bond donors (Lipinski definition) is 1. The lowest BCUT2D eigenvalue weighted by Gasteiger charge is -2.29. The minimum Gasteiger partial charge on any atom is -0.378 e. The van der Waals surface area contributed by atoms with E-state index in [0.717, 1.165) is 29.5 Å². The fourth-order valence-corrected chi connectivity index (χ4v) is 3.74. The molecule has 1 N–H and O–H groups in total. The fraction of sp³-hybridized carbons (Fsp3) is 0.211. The predicted octanol–water partition coefficient (Wildman–Crippen LogP) is 3.95. The van der Waals surface area contributed by atoms with Crippen molar-refractivity contribution in [1.82, 2.24) is 9.97 Å². The molecular weight excluding hydrogens is 384 g/mol. The zero-order valence-corrected chi connectivity index (χ0v) is 16.0. The van der Waals surface area contributed by atoms with Gasteiger partial charge < -0.3 is 15.0 Å². The van der Waals surface area contributed by atoms with Crippen molar-refractivity contribution in [3.8, 4) is 10.6 Å². The van der Waals surface area contributed by atoms with Crippen LogP contribution in [0.25, 0.3) is 10.6 Å². The first-order valence-corrected chi connectivity index (χ1v) is 9.77. The Labute approximate surface area is 165 Å². The molecule has 0 spiro atoms. The van der Waals surface area contributed by atoms with E-state index in [9.17, 15) is 4.79 Å². The molecular formula is C19H17ClN4O2S. The Hall–Kier alpha value is -2.48. The summed E-state index contributed by atoms with van der Waals surface area (Å²) in [5, 5.41) is 6.13. The number of nitrogens with zero attached hydrogens (tertiary/aromatic N) is 3. The van der Waals surface area contributed by atoms with Gasteiger partial charge in [-0.15, -0.1) is 11.3 Å². The smallest absolute Gasteiger partial charge is 0.275 e. The zero-order chi connectivity index (χ0) is 18.6. The predicted molar refractivity (Wildman–Crippen MR) is 108 cm³/mol. The minimum absolute atomic E-state index is 0.256. The van der Waals surface area contributed by atoms with E-state index in [1.807, 2.05) is 30.3 Å². The van der Waals surface area contributed by atoms with Crippen LogP contribution in [-0.4, -0.2) is 42.2 Å². The summed E-state index contributed by atoms with van der Waals surface area (Å²) in [7, 11) is 0. The van der Waals surface area contributed by atoms with E-state index in [-0.39, 0.29) is 5.91 Å². The molecule has 8 heteroatoms. The third-order valence-electron chi connectivity index (χ3n) is 4.17. The molecule has 138 valence electrons. The van der Waals surface area contributed by atoms with Gasteiger partial charge in [-0.3, -0.25) is 4.79 Å². The summed E-state index contributed by atoms with van der Waals surface area (Å²) >= 11 is 7.35. The van der Waals surface area contributed by atoms with E-state index in [2.05, 4.69) is 20.2 Å². The number of hydrogen-bond acceptors (Lipinski definition) is 6. The summed E-state index contributed by atoms with van der Waals surface area (Å²) < 4.78 is 5.39. The molecule has 0 saturated carbocycles. The maximum Gasteiger partial charge on any atom is 0.275 e. The van der Waals surface area contributed by atoms with Crippen LogP contribution in [0.1, 0.15) is 10.5 Å². The molecule has 1 aliphatic rings. The second kappa shape index (κ2) is 8.04. The van der Waals surface area contributed by atoms with E-state index in [0.29, 0.717) is 29.6 Å². The number of amides is 1. The Balaban J connectivity index is 1.52. The quantitative estimate of drug-likeness (QED) is 0.718. The molecule has 0 aliphatic carbocycles. The van der Waals surface area contributed by atoms with Crippen LogP contribution in [0.15, 0.2) is 48.0 Å². The van der Waals surface area contributed by atoms with Crippen LogP contribution in [-0.2, 0) is 4.74 Å². The molecule has 0 atom stereocenters. The SMILES string of the molecule is O=C(Nc1cccnc1N1CCOCC1)c1csc(-c2ccc(Cl)cc2)n1. The number of carbonyl (C=O) groups excluding carboxylic acids is 1. The third-order valence-corrected chi connectivity index (χ3v) is 5.32. The number of halogens is 1. The van der Waals surface area contributed by atoms with Crippen LogP contribution in [0.3, 0.4) is 0 Å².